The quantitative estimate of drug-likeness (QED) is 0.354. The zero-order chi connectivity index (χ0) is 26.0. The third-order valence-corrected chi connectivity index (χ3v) is 6.03. The molecule has 2 aromatic carbocycles. The van der Waals surface area contributed by atoms with E-state index in [1.807, 2.05) is 45.9 Å². The van der Waals surface area contributed by atoms with Crippen LogP contribution in [0.15, 0.2) is 36.4 Å². The van der Waals surface area contributed by atoms with E-state index < -0.39 is 6.04 Å². The van der Waals surface area contributed by atoms with Crippen LogP contribution in [-0.2, 0) is 22.6 Å². The van der Waals surface area contributed by atoms with Gasteiger partial charge in [0.1, 0.15) is 6.04 Å². The molecule has 0 aromatic heterocycles. The summed E-state index contributed by atoms with van der Waals surface area (Å²) < 4.78 is 11.3. The van der Waals surface area contributed by atoms with Gasteiger partial charge in [0.05, 0.1) is 13.2 Å². The zero-order valence-corrected chi connectivity index (χ0v) is 22.7. The Labute approximate surface area is 218 Å². The van der Waals surface area contributed by atoms with E-state index in [2.05, 4.69) is 5.32 Å². The van der Waals surface area contributed by atoms with Crippen LogP contribution in [0.4, 0.5) is 0 Å². The first-order valence-corrected chi connectivity index (χ1v) is 12.8. The molecule has 1 unspecified atom stereocenters. The minimum absolute atomic E-state index is 0.143. The predicted molar refractivity (Wildman–Crippen MR) is 141 cm³/mol. The van der Waals surface area contributed by atoms with Gasteiger partial charge in [0.2, 0.25) is 11.8 Å². The third-order valence-electron chi connectivity index (χ3n) is 5.44. The minimum Gasteiger partial charge on any atom is -0.490 e. The lowest BCUT2D eigenvalue weighted by Crippen LogP contribution is -2.48. The standard InChI is InChI=1S/C27H36Cl2N2O4/c1-6-34-24-12-8-20(14-25(24)35-7-2)9-13-26(32)31(19(5)27(33)30-16-18(3)4)17-21-10-11-22(28)15-23(21)29/h8,10-12,14-15,18-19H,6-7,9,13,16-17H2,1-5H3,(H,30,33). The lowest BCUT2D eigenvalue weighted by atomic mass is 10.1. The van der Waals surface area contributed by atoms with Crippen LogP contribution in [0.2, 0.25) is 10.0 Å². The second kappa shape index (κ2) is 14.2. The van der Waals surface area contributed by atoms with Crippen molar-refractivity contribution in [1.82, 2.24) is 10.2 Å². The van der Waals surface area contributed by atoms with Gasteiger partial charge in [-0.1, -0.05) is 49.2 Å². The Morgan fingerprint density at radius 1 is 0.971 bits per heavy atom. The van der Waals surface area contributed by atoms with Crippen molar-refractivity contribution in [1.29, 1.82) is 0 Å². The molecule has 1 atom stereocenters. The van der Waals surface area contributed by atoms with E-state index in [4.69, 9.17) is 32.7 Å². The van der Waals surface area contributed by atoms with Crippen molar-refractivity contribution in [2.75, 3.05) is 19.8 Å². The molecule has 2 rings (SSSR count). The van der Waals surface area contributed by atoms with Crippen LogP contribution in [-0.4, -0.2) is 42.5 Å². The van der Waals surface area contributed by atoms with Crippen molar-refractivity contribution < 1.29 is 19.1 Å². The summed E-state index contributed by atoms with van der Waals surface area (Å²) in [5, 5.41) is 3.89. The van der Waals surface area contributed by atoms with Crippen molar-refractivity contribution in [2.45, 2.75) is 60.0 Å². The molecule has 6 nitrogen and oxygen atoms in total. The van der Waals surface area contributed by atoms with Crippen molar-refractivity contribution in [3.8, 4) is 11.5 Å². The molecule has 8 heteroatoms. The molecule has 0 saturated heterocycles. The molecule has 2 aromatic rings. The monoisotopic (exact) mass is 522 g/mol. The first-order valence-electron chi connectivity index (χ1n) is 12.1. The predicted octanol–water partition coefficient (Wildman–Crippen LogP) is 5.91. The average Bonchev–Trinajstić information content (AvgIpc) is 2.81. The van der Waals surface area contributed by atoms with Crippen LogP contribution < -0.4 is 14.8 Å². The Balaban J connectivity index is 2.20. The highest BCUT2D eigenvalue weighted by Gasteiger charge is 2.26. The Kier molecular flexibility index (Phi) is 11.7. The Morgan fingerprint density at radius 2 is 1.66 bits per heavy atom. The van der Waals surface area contributed by atoms with Crippen LogP contribution in [0.3, 0.4) is 0 Å². The molecule has 0 radical (unpaired) electrons. The fraction of sp³-hybridized carbons (Fsp3) is 0.481. The van der Waals surface area contributed by atoms with Gasteiger partial charge in [0.25, 0.3) is 0 Å². The molecule has 0 heterocycles. The number of aryl methyl sites for hydroxylation is 1. The molecule has 0 bridgehead atoms. The lowest BCUT2D eigenvalue weighted by molar-refractivity contribution is -0.140. The van der Waals surface area contributed by atoms with Gasteiger partial charge < -0.3 is 19.7 Å². The fourth-order valence-electron chi connectivity index (χ4n) is 3.51. The van der Waals surface area contributed by atoms with E-state index in [9.17, 15) is 9.59 Å². The van der Waals surface area contributed by atoms with Gasteiger partial charge in [-0.15, -0.1) is 0 Å². The molecule has 0 fully saturated rings. The molecule has 0 spiro atoms. The second-order valence-corrected chi connectivity index (χ2v) is 9.56. The van der Waals surface area contributed by atoms with E-state index in [1.165, 1.54) is 0 Å². The van der Waals surface area contributed by atoms with Crippen LogP contribution >= 0.6 is 23.2 Å². The highest BCUT2D eigenvalue weighted by atomic mass is 35.5. The molecule has 192 valence electrons. The van der Waals surface area contributed by atoms with Crippen molar-refractivity contribution >= 4 is 35.0 Å². The molecule has 0 aliphatic heterocycles. The maximum absolute atomic E-state index is 13.4. The molecule has 1 N–H and O–H groups in total. The van der Waals surface area contributed by atoms with Crippen molar-refractivity contribution in [3.63, 3.8) is 0 Å². The summed E-state index contributed by atoms with van der Waals surface area (Å²) in [5.41, 5.74) is 1.68. The maximum atomic E-state index is 13.4. The Hall–Kier alpha value is -2.44. The number of carbonyl (C=O) groups is 2. The van der Waals surface area contributed by atoms with Crippen LogP contribution in [0.25, 0.3) is 0 Å². The molecule has 35 heavy (non-hydrogen) atoms. The summed E-state index contributed by atoms with van der Waals surface area (Å²) in [5.74, 6) is 1.30. The number of hydrogen-bond acceptors (Lipinski definition) is 4. The SMILES string of the molecule is CCOc1ccc(CCC(=O)N(Cc2ccc(Cl)cc2Cl)C(C)C(=O)NCC(C)C)cc1OCC. The maximum Gasteiger partial charge on any atom is 0.242 e. The molecular formula is C27H36Cl2N2O4. The van der Waals surface area contributed by atoms with E-state index in [0.717, 1.165) is 11.1 Å². The molecule has 0 aliphatic carbocycles. The van der Waals surface area contributed by atoms with Crippen molar-refractivity contribution in [3.05, 3.63) is 57.6 Å². The molecular weight excluding hydrogens is 487 g/mol. The number of benzene rings is 2. The lowest BCUT2D eigenvalue weighted by Gasteiger charge is -2.29. The van der Waals surface area contributed by atoms with Crippen LogP contribution in [0.1, 0.15) is 52.2 Å². The Morgan fingerprint density at radius 3 is 2.29 bits per heavy atom. The van der Waals surface area contributed by atoms with Gasteiger partial charge in [0.15, 0.2) is 11.5 Å². The molecule has 0 saturated carbocycles. The van der Waals surface area contributed by atoms with Gasteiger partial charge in [-0.25, -0.2) is 0 Å². The summed E-state index contributed by atoms with van der Waals surface area (Å²) in [7, 11) is 0. The smallest absolute Gasteiger partial charge is 0.242 e. The number of hydrogen-bond donors (Lipinski definition) is 1. The highest BCUT2D eigenvalue weighted by molar-refractivity contribution is 6.35. The normalized spacial score (nSPS) is 11.8. The first-order chi connectivity index (χ1) is 16.7. The second-order valence-electron chi connectivity index (χ2n) is 8.72. The van der Waals surface area contributed by atoms with Gasteiger partial charge in [-0.05, 0) is 68.5 Å². The number of ether oxygens (including phenoxy) is 2. The zero-order valence-electron chi connectivity index (χ0n) is 21.2. The highest BCUT2D eigenvalue weighted by Crippen LogP contribution is 2.29. The number of nitrogens with one attached hydrogen (secondary N) is 1. The van der Waals surface area contributed by atoms with Gasteiger partial charge in [-0.2, -0.15) is 0 Å². The van der Waals surface area contributed by atoms with E-state index >= 15 is 0 Å². The molecule has 0 aliphatic rings. The van der Waals surface area contributed by atoms with E-state index in [0.29, 0.717) is 53.6 Å². The average molecular weight is 524 g/mol. The summed E-state index contributed by atoms with van der Waals surface area (Å²) in [6, 6.07) is 10.2. The number of halogens is 2. The summed E-state index contributed by atoms with van der Waals surface area (Å²) in [6.45, 7) is 11.4. The summed E-state index contributed by atoms with van der Waals surface area (Å²) in [4.78, 5) is 27.8. The topological polar surface area (TPSA) is 67.9 Å². The Bertz CT molecular complexity index is 997. The third kappa shape index (κ3) is 8.93. The number of amides is 2. The number of carbonyl (C=O) groups excluding carboxylic acids is 2. The molecule has 2 amide bonds. The van der Waals surface area contributed by atoms with E-state index in [-0.39, 0.29) is 24.8 Å². The van der Waals surface area contributed by atoms with Gasteiger partial charge in [0, 0.05) is 29.6 Å². The van der Waals surface area contributed by atoms with E-state index in [1.54, 1.807) is 30.0 Å². The minimum atomic E-state index is -0.660. The summed E-state index contributed by atoms with van der Waals surface area (Å²) in [6.07, 6.45) is 0.725. The van der Waals surface area contributed by atoms with Gasteiger partial charge >= 0.3 is 0 Å². The number of nitrogens with zero attached hydrogens (tertiary/aromatic N) is 1. The van der Waals surface area contributed by atoms with Gasteiger partial charge in [-0.3, -0.25) is 9.59 Å². The largest absolute Gasteiger partial charge is 0.490 e. The van der Waals surface area contributed by atoms with Crippen LogP contribution in [0, 0.1) is 5.92 Å². The number of rotatable bonds is 13. The fourth-order valence-corrected chi connectivity index (χ4v) is 3.98. The first kappa shape index (κ1) is 28.8. The summed E-state index contributed by atoms with van der Waals surface area (Å²) >= 11 is 12.4. The van der Waals surface area contributed by atoms with Crippen molar-refractivity contribution in [2.24, 2.45) is 5.92 Å². The van der Waals surface area contributed by atoms with Crippen LogP contribution in [0.5, 0.6) is 11.5 Å².